The number of nitrogens with zero attached hydrogens (tertiary/aromatic N) is 6. The van der Waals surface area contributed by atoms with E-state index in [-0.39, 0.29) is 28.8 Å². The predicted molar refractivity (Wildman–Crippen MR) is 149 cm³/mol. The summed E-state index contributed by atoms with van der Waals surface area (Å²) in [6, 6.07) is 0.789. The van der Waals surface area contributed by atoms with E-state index in [4.69, 9.17) is 10.6 Å². The normalized spacial score (nSPS) is 19.0. The Morgan fingerprint density at radius 2 is 2.10 bits per heavy atom. The molecule has 1 saturated heterocycles. The number of hydrogen-bond donors (Lipinski definition) is 3. The number of thiazole rings is 1. The number of carbonyl (C=O) groups excluding carboxylic acids is 3. The van der Waals surface area contributed by atoms with Crippen LogP contribution in [-0.4, -0.2) is 76.8 Å². The predicted octanol–water partition coefficient (Wildman–Crippen LogP) is -1.10. The van der Waals surface area contributed by atoms with Crippen LogP contribution < -0.4 is 20.7 Å². The van der Waals surface area contributed by atoms with Crippen LogP contribution in [-0.2, 0) is 37.6 Å². The maximum atomic E-state index is 13.2. The monoisotopic (exact) mass is 614 g/mol. The zero-order chi connectivity index (χ0) is 30.5. The van der Waals surface area contributed by atoms with Gasteiger partial charge in [0.05, 0.1) is 17.2 Å². The summed E-state index contributed by atoms with van der Waals surface area (Å²) < 4.78 is 3.73. The summed E-state index contributed by atoms with van der Waals surface area (Å²) in [6.45, 7) is 4.56. The molecule has 0 saturated carbocycles. The topological polar surface area (TPSA) is 209 Å². The van der Waals surface area contributed by atoms with Crippen LogP contribution in [0.4, 0.5) is 5.13 Å². The second-order valence-electron chi connectivity index (χ2n) is 10.1. The number of aryl methyl sites for hydroxylation is 2. The zero-order valence-corrected chi connectivity index (χ0v) is 24.5. The molecule has 0 aliphatic carbocycles. The minimum Gasteiger partial charge on any atom is -0.543 e. The number of amides is 2. The number of aliphatic carboxylic acids is 2. The van der Waals surface area contributed by atoms with Crippen LogP contribution in [0, 0.1) is 6.92 Å². The SMILES string of the molecule is Cc1nc2c[n+](CC3=C(C(=O)[O-])N4C(=O)C(NC(=O)C(=NOC(C)(C)C(=O)O)c5csc(N)n5)[C@H]4SC3)ccc2n1C. The first kappa shape index (κ1) is 29.0. The van der Waals surface area contributed by atoms with Crippen LogP contribution in [0.5, 0.6) is 0 Å². The van der Waals surface area contributed by atoms with Crippen molar-refractivity contribution in [1.82, 2.24) is 24.8 Å². The molecule has 0 spiro atoms. The van der Waals surface area contributed by atoms with Gasteiger partial charge in [-0.3, -0.25) is 14.5 Å². The van der Waals surface area contributed by atoms with E-state index in [9.17, 15) is 29.4 Å². The van der Waals surface area contributed by atoms with E-state index in [1.165, 1.54) is 31.0 Å². The van der Waals surface area contributed by atoms with Crippen molar-refractivity contribution in [3.8, 4) is 0 Å². The number of β-lactam (4-membered cyclic amide) rings is 1. The number of oxime groups is 1. The van der Waals surface area contributed by atoms with Gasteiger partial charge in [0.2, 0.25) is 5.60 Å². The molecule has 0 bridgehead atoms. The van der Waals surface area contributed by atoms with Crippen molar-refractivity contribution < 1.29 is 38.8 Å². The molecule has 5 heterocycles. The molecule has 3 aromatic rings. The highest BCUT2D eigenvalue weighted by Crippen LogP contribution is 2.40. The minimum absolute atomic E-state index is 0.0193. The number of aromatic nitrogens is 4. The van der Waals surface area contributed by atoms with Gasteiger partial charge in [0.15, 0.2) is 35.3 Å². The lowest BCUT2D eigenvalue weighted by Crippen LogP contribution is -2.71. The highest BCUT2D eigenvalue weighted by Gasteiger charge is 2.53. The fraction of sp³-hybridized carbons (Fsp3) is 0.360. The van der Waals surface area contributed by atoms with Crippen molar-refractivity contribution in [3.63, 3.8) is 0 Å². The molecule has 2 aliphatic rings. The number of nitrogen functional groups attached to an aromatic ring is 1. The highest BCUT2D eigenvalue weighted by atomic mass is 32.2. The minimum atomic E-state index is -1.77. The van der Waals surface area contributed by atoms with E-state index >= 15 is 0 Å². The number of pyridine rings is 1. The van der Waals surface area contributed by atoms with Crippen LogP contribution in [0.2, 0.25) is 0 Å². The van der Waals surface area contributed by atoms with Crippen LogP contribution in [0.25, 0.3) is 11.0 Å². The third-order valence-electron chi connectivity index (χ3n) is 6.86. The summed E-state index contributed by atoms with van der Waals surface area (Å²) in [6.07, 6.45) is 3.61. The van der Waals surface area contributed by atoms with Gasteiger partial charge in [-0.1, -0.05) is 5.16 Å². The van der Waals surface area contributed by atoms with Crippen molar-refractivity contribution in [2.45, 2.75) is 44.3 Å². The summed E-state index contributed by atoms with van der Waals surface area (Å²) in [5.41, 5.74) is 5.44. The lowest BCUT2D eigenvalue weighted by molar-refractivity contribution is -0.687. The Morgan fingerprint density at radius 3 is 2.74 bits per heavy atom. The molecule has 1 fully saturated rings. The van der Waals surface area contributed by atoms with E-state index in [0.717, 1.165) is 33.1 Å². The summed E-state index contributed by atoms with van der Waals surface area (Å²) in [7, 11) is 1.90. The van der Waals surface area contributed by atoms with Crippen molar-refractivity contribution >= 4 is 68.7 Å². The van der Waals surface area contributed by atoms with Crippen molar-refractivity contribution in [1.29, 1.82) is 0 Å². The number of hydrogen-bond acceptors (Lipinski definition) is 12. The summed E-state index contributed by atoms with van der Waals surface area (Å²) in [4.78, 5) is 64.8. The standard InChI is InChI=1S/C25H26N8O7S2/c1-11-27-13-8-32(6-5-15(13)31(11)4)7-12-9-41-21-17(20(35)33(21)18(12)22(36)37)29-19(34)16(14-10-42-24(26)28-14)30-40-25(2,3)23(38)39/h5-6,8,10,17,21H,7,9H2,1-4H3,(H4-,26,28,29,34,36,37,38,39)/t17?,21-/m1/s1. The lowest BCUT2D eigenvalue weighted by atomic mass is 10.0. The van der Waals surface area contributed by atoms with E-state index in [0.29, 0.717) is 5.57 Å². The molecule has 5 rings (SSSR count). The molecule has 42 heavy (non-hydrogen) atoms. The first-order valence-electron chi connectivity index (χ1n) is 12.5. The molecule has 3 aromatic heterocycles. The first-order valence-corrected chi connectivity index (χ1v) is 14.4. The molecule has 1 unspecified atom stereocenters. The summed E-state index contributed by atoms with van der Waals surface area (Å²) in [5.74, 6) is -3.26. The Labute approximate surface area is 246 Å². The molecule has 0 aromatic carbocycles. The van der Waals surface area contributed by atoms with Gasteiger partial charge in [0.1, 0.15) is 22.9 Å². The molecular formula is C25H26N8O7S2. The van der Waals surface area contributed by atoms with Gasteiger partial charge >= 0.3 is 5.97 Å². The van der Waals surface area contributed by atoms with Gasteiger partial charge in [-0.15, -0.1) is 23.1 Å². The number of thioether (sulfide) groups is 1. The smallest absolute Gasteiger partial charge is 0.350 e. The largest absolute Gasteiger partial charge is 0.543 e. The number of nitrogens with two attached hydrogens (primary N) is 1. The van der Waals surface area contributed by atoms with Gasteiger partial charge in [-0.25, -0.2) is 14.8 Å². The summed E-state index contributed by atoms with van der Waals surface area (Å²) in [5, 5.41) is 28.7. The Hall–Kier alpha value is -4.51. The van der Waals surface area contributed by atoms with Gasteiger partial charge in [0.25, 0.3) is 11.8 Å². The van der Waals surface area contributed by atoms with Crippen LogP contribution in [0.15, 0.2) is 40.3 Å². The van der Waals surface area contributed by atoms with Crippen molar-refractivity contribution in [2.24, 2.45) is 12.2 Å². The average molecular weight is 615 g/mol. The third-order valence-corrected chi connectivity index (χ3v) is 8.88. The average Bonchev–Trinajstić information content (AvgIpc) is 3.48. The van der Waals surface area contributed by atoms with Gasteiger partial charge in [-0.05, 0) is 20.8 Å². The number of carboxylic acids is 2. The first-order chi connectivity index (χ1) is 19.8. The Morgan fingerprint density at radius 1 is 1.36 bits per heavy atom. The number of imidazole rings is 1. The summed E-state index contributed by atoms with van der Waals surface area (Å²) >= 11 is 2.31. The maximum absolute atomic E-state index is 13.2. The number of carbonyl (C=O) groups is 4. The second-order valence-corrected chi connectivity index (χ2v) is 12.1. The number of fused-ring (bicyclic) bond motifs is 2. The fourth-order valence-corrected chi connectivity index (χ4v) is 6.32. The molecule has 2 amide bonds. The fourth-order valence-electron chi connectivity index (χ4n) is 4.43. The number of anilines is 1. The Kier molecular flexibility index (Phi) is 7.40. The van der Waals surface area contributed by atoms with Crippen LogP contribution in [0.1, 0.15) is 25.4 Å². The molecule has 220 valence electrons. The molecule has 15 nitrogen and oxygen atoms in total. The Bertz CT molecular complexity index is 1710. The lowest BCUT2D eigenvalue weighted by Gasteiger charge is -2.50. The van der Waals surface area contributed by atoms with Crippen LogP contribution >= 0.6 is 23.1 Å². The molecule has 4 N–H and O–H groups in total. The number of rotatable bonds is 9. The number of nitrogens with one attached hydrogen (secondary N) is 1. The second kappa shape index (κ2) is 10.7. The quantitative estimate of drug-likeness (QED) is 0.114. The molecule has 2 aliphatic heterocycles. The molecule has 0 radical (unpaired) electrons. The number of carboxylic acid groups (broad SMARTS) is 2. The molecule has 2 atom stereocenters. The third kappa shape index (κ3) is 5.16. The maximum Gasteiger partial charge on any atom is 0.350 e. The van der Waals surface area contributed by atoms with E-state index in [2.05, 4.69) is 20.4 Å². The van der Waals surface area contributed by atoms with E-state index < -0.39 is 46.5 Å². The van der Waals surface area contributed by atoms with Gasteiger partial charge in [0, 0.05) is 29.8 Å². The molecular weight excluding hydrogens is 588 g/mol. The van der Waals surface area contributed by atoms with Crippen molar-refractivity contribution in [2.75, 3.05) is 11.5 Å². The highest BCUT2D eigenvalue weighted by molar-refractivity contribution is 8.00. The molecule has 17 heteroatoms. The Balaban J connectivity index is 1.37. The van der Waals surface area contributed by atoms with Gasteiger partial charge in [-0.2, -0.15) is 4.57 Å². The van der Waals surface area contributed by atoms with Gasteiger partial charge < -0.3 is 35.5 Å². The van der Waals surface area contributed by atoms with Crippen molar-refractivity contribution in [3.05, 3.63) is 46.6 Å². The zero-order valence-electron chi connectivity index (χ0n) is 22.9. The van der Waals surface area contributed by atoms with E-state index in [1.54, 1.807) is 17.0 Å². The van der Waals surface area contributed by atoms with Crippen LogP contribution in [0.3, 0.4) is 0 Å². The van der Waals surface area contributed by atoms with E-state index in [1.807, 2.05) is 24.6 Å².